The zero-order valence-corrected chi connectivity index (χ0v) is 28.5. The van der Waals surface area contributed by atoms with Crippen LogP contribution < -0.4 is 0 Å². The molecule has 1 heteroatoms. The van der Waals surface area contributed by atoms with Crippen molar-refractivity contribution in [1.29, 1.82) is 0 Å². The number of hydrogen-bond donors (Lipinski definition) is 0. The minimum Gasteiger partial charge on any atom is -0.135 e. The molecule has 1 aromatic heterocycles. The Balaban J connectivity index is 1.26. The van der Waals surface area contributed by atoms with Crippen molar-refractivity contribution in [3.8, 4) is 44.5 Å². The first-order valence-electron chi connectivity index (χ1n) is 17.2. The van der Waals surface area contributed by atoms with Crippen molar-refractivity contribution in [2.75, 3.05) is 0 Å². The summed E-state index contributed by atoms with van der Waals surface area (Å²) in [7, 11) is 0. The number of thiophene rings is 1. The van der Waals surface area contributed by atoms with Crippen LogP contribution in [0.2, 0.25) is 0 Å². The summed E-state index contributed by atoms with van der Waals surface area (Å²) in [6, 6.07) is 65.2. The third kappa shape index (κ3) is 4.74. The molecule has 0 saturated carbocycles. The Morgan fingerprint density at radius 3 is 1.66 bits per heavy atom. The van der Waals surface area contributed by atoms with Gasteiger partial charge in [-0.2, -0.15) is 0 Å². The molecular formula is C49H32S. The fraction of sp³-hybridized carbons (Fsp3) is 0.0204. The lowest BCUT2D eigenvalue weighted by Crippen LogP contribution is -1.93. The molecule has 10 rings (SSSR count). The molecule has 0 unspecified atom stereocenters. The van der Waals surface area contributed by atoms with Gasteiger partial charge in [-0.25, -0.2) is 0 Å². The molecule has 1 heterocycles. The summed E-state index contributed by atoms with van der Waals surface area (Å²) < 4.78 is 2.68. The zero-order valence-electron chi connectivity index (χ0n) is 27.7. The fourth-order valence-corrected chi connectivity index (χ4v) is 8.99. The molecule has 0 atom stereocenters. The molecule has 0 saturated heterocycles. The van der Waals surface area contributed by atoms with Gasteiger partial charge in [-0.1, -0.05) is 151 Å². The van der Waals surface area contributed by atoms with Crippen molar-refractivity contribution >= 4 is 63.8 Å². The third-order valence-corrected chi connectivity index (χ3v) is 11.4. The average molecular weight is 653 g/mol. The van der Waals surface area contributed by atoms with Gasteiger partial charge in [0.05, 0.1) is 0 Å². The predicted octanol–water partition coefficient (Wildman–Crippen LogP) is 14.5. The van der Waals surface area contributed by atoms with Gasteiger partial charge in [0.2, 0.25) is 0 Å². The molecule has 0 spiro atoms. The van der Waals surface area contributed by atoms with Gasteiger partial charge in [0.25, 0.3) is 0 Å². The maximum absolute atomic E-state index is 2.41. The van der Waals surface area contributed by atoms with Crippen LogP contribution in [0.15, 0.2) is 176 Å². The van der Waals surface area contributed by atoms with Crippen LogP contribution in [0.1, 0.15) is 5.56 Å². The van der Waals surface area contributed by atoms with Crippen molar-refractivity contribution in [1.82, 2.24) is 0 Å². The van der Waals surface area contributed by atoms with Crippen LogP contribution >= 0.6 is 11.3 Å². The summed E-state index contributed by atoms with van der Waals surface area (Å²) in [5.74, 6) is 0. The Hall–Kier alpha value is -6.02. The molecule has 0 amide bonds. The van der Waals surface area contributed by atoms with E-state index in [0.717, 1.165) is 0 Å². The molecule has 0 aliphatic carbocycles. The lowest BCUT2D eigenvalue weighted by molar-refractivity contribution is 1.51. The largest absolute Gasteiger partial charge is 0.135 e. The van der Waals surface area contributed by atoms with E-state index in [1.54, 1.807) is 0 Å². The molecule has 0 radical (unpaired) electrons. The minimum atomic E-state index is 1.22. The van der Waals surface area contributed by atoms with Crippen molar-refractivity contribution in [3.05, 3.63) is 181 Å². The number of aryl methyl sites for hydroxylation is 1. The number of benzene rings is 9. The molecule has 9 aromatic carbocycles. The normalized spacial score (nSPS) is 11.7. The molecular weight excluding hydrogens is 621 g/mol. The average Bonchev–Trinajstić information content (AvgIpc) is 3.53. The van der Waals surface area contributed by atoms with E-state index in [4.69, 9.17) is 0 Å². The lowest BCUT2D eigenvalue weighted by Gasteiger charge is -2.20. The van der Waals surface area contributed by atoms with E-state index in [9.17, 15) is 0 Å². The minimum absolute atomic E-state index is 1.22. The highest BCUT2D eigenvalue weighted by Crippen LogP contribution is 2.46. The first-order valence-corrected chi connectivity index (χ1v) is 18.1. The summed E-state index contributed by atoms with van der Waals surface area (Å²) in [6.45, 7) is 2.21. The summed E-state index contributed by atoms with van der Waals surface area (Å²) in [5, 5.41) is 10.3. The number of hydrogen-bond acceptors (Lipinski definition) is 1. The molecule has 234 valence electrons. The van der Waals surface area contributed by atoms with Crippen LogP contribution in [-0.2, 0) is 0 Å². The van der Waals surface area contributed by atoms with Crippen molar-refractivity contribution in [2.24, 2.45) is 0 Å². The molecule has 50 heavy (non-hydrogen) atoms. The van der Waals surface area contributed by atoms with Gasteiger partial charge >= 0.3 is 0 Å². The Morgan fingerprint density at radius 2 is 0.880 bits per heavy atom. The van der Waals surface area contributed by atoms with E-state index in [0.29, 0.717) is 0 Å². The highest BCUT2D eigenvalue weighted by Gasteiger charge is 2.19. The zero-order chi connectivity index (χ0) is 33.2. The second-order valence-corrected chi connectivity index (χ2v) is 14.5. The first-order chi connectivity index (χ1) is 24.7. The van der Waals surface area contributed by atoms with Crippen molar-refractivity contribution < 1.29 is 0 Å². The van der Waals surface area contributed by atoms with Crippen LogP contribution in [0.4, 0.5) is 0 Å². The molecule has 0 N–H and O–H groups in total. The Morgan fingerprint density at radius 1 is 0.300 bits per heavy atom. The van der Waals surface area contributed by atoms with Crippen LogP contribution in [0.5, 0.6) is 0 Å². The summed E-state index contributed by atoms with van der Waals surface area (Å²) in [4.78, 5) is 0. The summed E-state index contributed by atoms with van der Waals surface area (Å²) in [5.41, 5.74) is 11.2. The van der Waals surface area contributed by atoms with Crippen LogP contribution in [0, 0.1) is 6.92 Å². The second kappa shape index (κ2) is 11.6. The standard InChI is InChI=1S/C49H32S/c1-31-16-24-41-44(26-31)49(38-22-21-37-30-47-43(29-39(37)27-38)40-14-8-9-15-46(40)50-47)42-25-23-36(33-12-6-3-7-13-33)28-45(42)48(41)35-19-17-34(18-20-35)32-10-4-2-5-11-32/h2-30H,1H3. The Labute approximate surface area is 295 Å². The third-order valence-electron chi connectivity index (χ3n) is 10.3. The number of fused-ring (bicyclic) bond motifs is 6. The molecule has 0 aliphatic rings. The maximum Gasteiger partial charge on any atom is 0.0361 e. The van der Waals surface area contributed by atoms with Gasteiger partial charge < -0.3 is 0 Å². The quantitative estimate of drug-likeness (QED) is 0.166. The van der Waals surface area contributed by atoms with Crippen LogP contribution in [0.25, 0.3) is 97.0 Å². The predicted molar refractivity (Wildman–Crippen MR) is 218 cm³/mol. The van der Waals surface area contributed by atoms with Gasteiger partial charge in [-0.05, 0) is 114 Å². The van der Waals surface area contributed by atoms with E-state index in [-0.39, 0.29) is 0 Å². The molecule has 0 aliphatic heterocycles. The summed E-state index contributed by atoms with van der Waals surface area (Å²) in [6.07, 6.45) is 0. The van der Waals surface area contributed by atoms with Gasteiger partial charge in [-0.3, -0.25) is 0 Å². The Kier molecular flexibility index (Phi) is 6.69. The second-order valence-electron chi connectivity index (χ2n) is 13.4. The monoisotopic (exact) mass is 652 g/mol. The van der Waals surface area contributed by atoms with Gasteiger partial charge in [0.1, 0.15) is 0 Å². The van der Waals surface area contributed by atoms with Crippen LogP contribution in [-0.4, -0.2) is 0 Å². The van der Waals surface area contributed by atoms with Crippen molar-refractivity contribution in [3.63, 3.8) is 0 Å². The Bertz CT molecular complexity index is 2900. The van der Waals surface area contributed by atoms with Gasteiger partial charge in [0, 0.05) is 20.2 Å². The van der Waals surface area contributed by atoms with E-state index in [1.807, 2.05) is 11.3 Å². The van der Waals surface area contributed by atoms with E-state index in [2.05, 4.69) is 183 Å². The smallest absolute Gasteiger partial charge is 0.0361 e. The summed E-state index contributed by atoms with van der Waals surface area (Å²) >= 11 is 1.88. The van der Waals surface area contributed by atoms with Crippen LogP contribution in [0.3, 0.4) is 0 Å². The van der Waals surface area contributed by atoms with E-state index < -0.39 is 0 Å². The highest BCUT2D eigenvalue weighted by atomic mass is 32.1. The molecule has 10 aromatic rings. The molecule has 0 bridgehead atoms. The fourth-order valence-electron chi connectivity index (χ4n) is 7.86. The number of rotatable bonds is 4. The van der Waals surface area contributed by atoms with E-state index >= 15 is 0 Å². The highest BCUT2D eigenvalue weighted by molar-refractivity contribution is 7.25. The first kappa shape index (κ1) is 28.9. The SMILES string of the molecule is Cc1ccc2c(-c3ccc(-c4ccccc4)cc3)c3cc(-c4ccccc4)ccc3c(-c3ccc4cc5sc6ccccc6c5cc4c3)c2c1. The van der Waals surface area contributed by atoms with Gasteiger partial charge in [-0.15, -0.1) is 11.3 Å². The maximum atomic E-state index is 2.41. The topological polar surface area (TPSA) is 0 Å². The van der Waals surface area contributed by atoms with Gasteiger partial charge in [0.15, 0.2) is 0 Å². The molecule has 0 fully saturated rings. The lowest BCUT2D eigenvalue weighted by atomic mass is 9.83. The van der Waals surface area contributed by atoms with Crippen molar-refractivity contribution in [2.45, 2.75) is 6.92 Å². The molecule has 0 nitrogen and oxygen atoms in total. The van der Waals surface area contributed by atoms with E-state index in [1.165, 1.54) is 103 Å².